The molecule has 0 aliphatic carbocycles. The summed E-state index contributed by atoms with van der Waals surface area (Å²) < 4.78 is 1.30. The first kappa shape index (κ1) is 14.7. The van der Waals surface area contributed by atoms with Crippen LogP contribution in [0.4, 0.5) is 11.5 Å². The summed E-state index contributed by atoms with van der Waals surface area (Å²) >= 11 is 0. The van der Waals surface area contributed by atoms with Gasteiger partial charge < -0.3 is 9.88 Å². The number of nitrogens with zero attached hydrogens (tertiary/aromatic N) is 3. The molecule has 110 valence electrons. The summed E-state index contributed by atoms with van der Waals surface area (Å²) in [5.74, 6) is 0.770. The highest BCUT2D eigenvalue weighted by molar-refractivity contribution is 5.35. The molecule has 2 rings (SSSR count). The Balaban J connectivity index is 2.16. The monoisotopic (exact) mass is 288 g/mol. The minimum atomic E-state index is -0.522. The molecule has 0 amide bonds. The lowest BCUT2D eigenvalue weighted by Gasteiger charge is -2.07. The predicted octanol–water partition coefficient (Wildman–Crippen LogP) is 2.02. The van der Waals surface area contributed by atoms with Crippen LogP contribution in [-0.2, 0) is 6.54 Å². The summed E-state index contributed by atoms with van der Waals surface area (Å²) in [6.45, 7) is 3.16. The van der Waals surface area contributed by atoms with Gasteiger partial charge in [0.2, 0.25) is 0 Å². The summed E-state index contributed by atoms with van der Waals surface area (Å²) in [5.41, 5.74) is 0.414. The highest BCUT2D eigenvalue weighted by atomic mass is 16.6. The van der Waals surface area contributed by atoms with Gasteiger partial charge in [-0.2, -0.15) is 0 Å². The van der Waals surface area contributed by atoms with Gasteiger partial charge >= 0.3 is 0 Å². The lowest BCUT2D eigenvalue weighted by Crippen LogP contribution is -2.19. The Morgan fingerprint density at radius 2 is 2.14 bits per heavy atom. The quantitative estimate of drug-likeness (QED) is 0.648. The number of pyridine rings is 2. The van der Waals surface area contributed by atoms with Crippen LogP contribution in [0.3, 0.4) is 0 Å². The van der Waals surface area contributed by atoms with E-state index in [1.165, 1.54) is 22.9 Å². The van der Waals surface area contributed by atoms with Crippen molar-refractivity contribution in [2.45, 2.75) is 19.9 Å². The van der Waals surface area contributed by atoms with Crippen molar-refractivity contribution in [3.05, 3.63) is 62.7 Å². The summed E-state index contributed by atoms with van der Waals surface area (Å²) in [4.78, 5) is 26.2. The molecule has 7 nitrogen and oxygen atoms in total. The summed E-state index contributed by atoms with van der Waals surface area (Å²) in [6.07, 6.45) is 3.90. The molecule has 0 aliphatic rings. The highest BCUT2D eigenvalue weighted by Gasteiger charge is 2.08. The van der Waals surface area contributed by atoms with E-state index in [0.717, 1.165) is 24.3 Å². The van der Waals surface area contributed by atoms with Crippen molar-refractivity contribution in [2.24, 2.45) is 0 Å². The molecule has 0 saturated heterocycles. The molecule has 2 heterocycles. The molecule has 0 radical (unpaired) electrons. The molecule has 21 heavy (non-hydrogen) atoms. The van der Waals surface area contributed by atoms with Gasteiger partial charge in [0.1, 0.15) is 5.82 Å². The highest BCUT2D eigenvalue weighted by Crippen LogP contribution is 2.09. The van der Waals surface area contributed by atoms with E-state index in [-0.39, 0.29) is 17.8 Å². The molecular weight excluding hydrogens is 272 g/mol. The van der Waals surface area contributed by atoms with Gasteiger partial charge in [-0.15, -0.1) is 0 Å². The number of nitrogens with one attached hydrogen (secondary N) is 1. The molecule has 7 heteroatoms. The van der Waals surface area contributed by atoms with Crippen LogP contribution in [0, 0.1) is 10.1 Å². The number of hydrogen-bond donors (Lipinski definition) is 1. The summed E-state index contributed by atoms with van der Waals surface area (Å²) in [6, 6.07) is 6.07. The number of hydrogen-bond acceptors (Lipinski definition) is 5. The van der Waals surface area contributed by atoms with Crippen molar-refractivity contribution in [1.82, 2.24) is 9.55 Å². The Kier molecular flexibility index (Phi) is 4.65. The first-order valence-electron chi connectivity index (χ1n) is 6.64. The molecule has 0 aromatic carbocycles. The van der Waals surface area contributed by atoms with Crippen LogP contribution in [0.5, 0.6) is 0 Å². The van der Waals surface area contributed by atoms with E-state index in [4.69, 9.17) is 0 Å². The predicted molar refractivity (Wildman–Crippen MR) is 79.5 cm³/mol. The first-order valence-corrected chi connectivity index (χ1v) is 6.64. The van der Waals surface area contributed by atoms with E-state index >= 15 is 0 Å². The Labute approximate surface area is 121 Å². The lowest BCUT2D eigenvalue weighted by molar-refractivity contribution is -0.385. The van der Waals surface area contributed by atoms with Gasteiger partial charge in [-0.25, -0.2) is 4.98 Å². The molecule has 0 fully saturated rings. The van der Waals surface area contributed by atoms with Crippen molar-refractivity contribution in [2.75, 3.05) is 11.9 Å². The number of aromatic nitrogens is 2. The fourth-order valence-corrected chi connectivity index (χ4v) is 1.82. The Hall–Kier alpha value is -2.70. The maximum Gasteiger partial charge on any atom is 0.285 e. The Morgan fingerprint density at radius 3 is 2.76 bits per heavy atom. The molecule has 0 spiro atoms. The topological polar surface area (TPSA) is 90.1 Å². The van der Waals surface area contributed by atoms with Crippen LogP contribution in [0.25, 0.3) is 0 Å². The zero-order valence-electron chi connectivity index (χ0n) is 11.7. The number of rotatable bonds is 6. The average Bonchev–Trinajstić information content (AvgIpc) is 2.48. The van der Waals surface area contributed by atoms with Crippen LogP contribution in [0.2, 0.25) is 0 Å². The van der Waals surface area contributed by atoms with E-state index in [2.05, 4.69) is 17.2 Å². The first-order chi connectivity index (χ1) is 10.1. The minimum Gasteiger partial charge on any atom is -0.370 e. The fourth-order valence-electron chi connectivity index (χ4n) is 1.82. The molecule has 0 atom stereocenters. The molecule has 0 unspecified atom stereocenters. The van der Waals surface area contributed by atoms with Crippen LogP contribution >= 0.6 is 0 Å². The van der Waals surface area contributed by atoms with Crippen molar-refractivity contribution in [1.29, 1.82) is 0 Å². The zero-order valence-corrected chi connectivity index (χ0v) is 11.7. The van der Waals surface area contributed by atoms with Crippen LogP contribution in [-0.4, -0.2) is 21.0 Å². The third-order valence-corrected chi connectivity index (χ3v) is 2.91. The van der Waals surface area contributed by atoms with Gasteiger partial charge in [0, 0.05) is 24.9 Å². The van der Waals surface area contributed by atoms with Gasteiger partial charge in [-0.05, 0) is 18.1 Å². The maximum absolute atomic E-state index is 11.7. The van der Waals surface area contributed by atoms with E-state index in [0.29, 0.717) is 0 Å². The molecule has 1 N–H and O–H groups in total. The van der Waals surface area contributed by atoms with Crippen molar-refractivity contribution >= 4 is 11.5 Å². The number of nitro groups is 1. The second-order valence-electron chi connectivity index (χ2n) is 4.59. The van der Waals surface area contributed by atoms with E-state index in [1.807, 2.05) is 12.1 Å². The Bertz CT molecular complexity index is 679. The largest absolute Gasteiger partial charge is 0.370 e. The van der Waals surface area contributed by atoms with E-state index in [9.17, 15) is 14.9 Å². The van der Waals surface area contributed by atoms with Gasteiger partial charge in [-0.3, -0.25) is 14.9 Å². The summed E-state index contributed by atoms with van der Waals surface area (Å²) in [7, 11) is 0. The van der Waals surface area contributed by atoms with Crippen LogP contribution in [0.15, 0.2) is 41.5 Å². The fraction of sp³-hybridized carbons (Fsp3) is 0.286. The third kappa shape index (κ3) is 3.88. The molecular formula is C14H16N4O3. The normalized spacial score (nSPS) is 10.3. The third-order valence-electron chi connectivity index (χ3n) is 2.91. The standard InChI is InChI=1S/C14H16N4O3/c1-2-7-15-13-5-3-11(8-16-13)9-17-10-12(18(20)21)4-6-14(17)19/h3-6,8,10H,2,7,9H2,1H3,(H,15,16). The van der Waals surface area contributed by atoms with Crippen LogP contribution in [0.1, 0.15) is 18.9 Å². The number of anilines is 1. The zero-order chi connectivity index (χ0) is 15.2. The second-order valence-corrected chi connectivity index (χ2v) is 4.59. The molecule has 0 aliphatic heterocycles. The van der Waals surface area contributed by atoms with Gasteiger partial charge in [0.15, 0.2) is 0 Å². The smallest absolute Gasteiger partial charge is 0.285 e. The molecule has 0 saturated carbocycles. The molecule has 2 aromatic rings. The average molecular weight is 288 g/mol. The van der Waals surface area contributed by atoms with E-state index in [1.54, 1.807) is 6.20 Å². The second kappa shape index (κ2) is 6.65. The van der Waals surface area contributed by atoms with Crippen molar-refractivity contribution < 1.29 is 4.92 Å². The van der Waals surface area contributed by atoms with Gasteiger partial charge in [-0.1, -0.05) is 13.0 Å². The van der Waals surface area contributed by atoms with Gasteiger partial charge in [0.05, 0.1) is 17.7 Å². The minimum absolute atomic E-state index is 0.108. The van der Waals surface area contributed by atoms with Crippen molar-refractivity contribution in [3.63, 3.8) is 0 Å². The SMILES string of the molecule is CCCNc1ccc(Cn2cc([N+](=O)[O-])ccc2=O)cn1. The molecule has 0 bridgehead atoms. The van der Waals surface area contributed by atoms with E-state index < -0.39 is 4.92 Å². The lowest BCUT2D eigenvalue weighted by atomic mass is 10.2. The molecule has 2 aromatic heterocycles. The summed E-state index contributed by atoms with van der Waals surface area (Å²) in [5, 5.41) is 13.9. The van der Waals surface area contributed by atoms with Crippen LogP contribution < -0.4 is 10.9 Å². The van der Waals surface area contributed by atoms with Crippen molar-refractivity contribution in [3.8, 4) is 0 Å². The maximum atomic E-state index is 11.7. The Morgan fingerprint density at radius 1 is 1.33 bits per heavy atom. The van der Waals surface area contributed by atoms with Gasteiger partial charge in [0.25, 0.3) is 11.2 Å².